The SMILES string of the molecule is N#Cc1cnc(OCCCO)cn1. The van der Waals surface area contributed by atoms with E-state index in [1.54, 1.807) is 0 Å². The van der Waals surface area contributed by atoms with Gasteiger partial charge in [0.15, 0.2) is 5.69 Å². The minimum absolute atomic E-state index is 0.0870. The van der Waals surface area contributed by atoms with E-state index in [-0.39, 0.29) is 12.3 Å². The van der Waals surface area contributed by atoms with Gasteiger partial charge in [0, 0.05) is 13.0 Å². The summed E-state index contributed by atoms with van der Waals surface area (Å²) in [5, 5.41) is 16.9. The Labute approximate surface area is 75.6 Å². The van der Waals surface area contributed by atoms with E-state index in [2.05, 4.69) is 9.97 Å². The van der Waals surface area contributed by atoms with Crippen LogP contribution in [0.2, 0.25) is 0 Å². The molecule has 1 rings (SSSR count). The zero-order valence-corrected chi connectivity index (χ0v) is 6.97. The van der Waals surface area contributed by atoms with E-state index in [1.165, 1.54) is 12.4 Å². The van der Waals surface area contributed by atoms with Crippen molar-refractivity contribution in [1.29, 1.82) is 5.26 Å². The highest BCUT2D eigenvalue weighted by molar-refractivity contribution is 5.18. The van der Waals surface area contributed by atoms with Gasteiger partial charge in [0.25, 0.3) is 0 Å². The van der Waals surface area contributed by atoms with E-state index in [9.17, 15) is 0 Å². The first-order valence-corrected chi connectivity index (χ1v) is 3.82. The van der Waals surface area contributed by atoms with E-state index in [0.717, 1.165) is 0 Å². The monoisotopic (exact) mass is 179 g/mol. The van der Waals surface area contributed by atoms with Crippen molar-refractivity contribution in [3.63, 3.8) is 0 Å². The molecule has 1 heterocycles. The van der Waals surface area contributed by atoms with Gasteiger partial charge >= 0.3 is 0 Å². The highest BCUT2D eigenvalue weighted by Gasteiger charge is 1.96. The smallest absolute Gasteiger partial charge is 0.232 e. The lowest BCUT2D eigenvalue weighted by atomic mass is 10.5. The molecule has 1 aromatic rings. The van der Waals surface area contributed by atoms with E-state index in [1.807, 2.05) is 6.07 Å². The highest BCUT2D eigenvalue weighted by atomic mass is 16.5. The van der Waals surface area contributed by atoms with E-state index in [4.69, 9.17) is 15.1 Å². The lowest BCUT2D eigenvalue weighted by molar-refractivity contribution is 0.229. The van der Waals surface area contributed by atoms with Crippen molar-refractivity contribution in [3.8, 4) is 11.9 Å². The molecule has 68 valence electrons. The fourth-order valence-corrected chi connectivity index (χ4v) is 0.690. The molecular formula is C8H9N3O2. The number of nitriles is 1. The molecule has 0 amide bonds. The Kier molecular flexibility index (Phi) is 3.67. The average molecular weight is 179 g/mol. The average Bonchev–Trinajstić information content (AvgIpc) is 2.19. The number of aliphatic hydroxyl groups is 1. The van der Waals surface area contributed by atoms with Crippen LogP contribution in [0.1, 0.15) is 12.1 Å². The predicted octanol–water partition coefficient (Wildman–Crippen LogP) is 0.109. The molecule has 0 aliphatic rings. The molecule has 0 aromatic carbocycles. The first-order valence-electron chi connectivity index (χ1n) is 3.82. The van der Waals surface area contributed by atoms with Crippen molar-refractivity contribution in [2.75, 3.05) is 13.2 Å². The Morgan fingerprint density at radius 2 is 2.31 bits per heavy atom. The zero-order chi connectivity index (χ0) is 9.52. The Hall–Kier alpha value is -1.67. The first kappa shape index (κ1) is 9.42. The molecule has 0 aliphatic carbocycles. The number of rotatable bonds is 4. The molecule has 0 saturated heterocycles. The fourth-order valence-electron chi connectivity index (χ4n) is 0.690. The third-order valence-corrected chi connectivity index (χ3v) is 1.30. The molecule has 0 saturated carbocycles. The molecule has 1 aromatic heterocycles. The van der Waals surface area contributed by atoms with Crippen molar-refractivity contribution < 1.29 is 9.84 Å². The summed E-state index contributed by atoms with van der Waals surface area (Å²) in [5.74, 6) is 0.368. The third kappa shape index (κ3) is 3.05. The number of nitrogens with zero attached hydrogens (tertiary/aromatic N) is 3. The second-order valence-electron chi connectivity index (χ2n) is 2.28. The number of aromatic nitrogens is 2. The summed E-state index contributed by atoms with van der Waals surface area (Å²) in [6, 6.07) is 1.85. The van der Waals surface area contributed by atoms with Crippen LogP contribution >= 0.6 is 0 Å². The van der Waals surface area contributed by atoms with E-state index in [0.29, 0.717) is 18.9 Å². The van der Waals surface area contributed by atoms with Crippen LogP contribution in [0.5, 0.6) is 5.88 Å². The van der Waals surface area contributed by atoms with Crippen LogP contribution < -0.4 is 4.74 Å². The van der Waals surface area contributed by atoms with Gasteiger partial charge in [-0.15, -0.1) is 0 Å². The van der Waals surface area contributed by atoms with Gasteiger partial charge in [-0.25, -0.2) is 9.97 Å². The minimum atomic E-state index is 0.0870. The van der Waals surface area contributed by atoms with Gasteiger partial charge in [-0.05, 0) is 0 Å². The normalized spacial score (nSPS) is 9.23. The van der Waals surface area contributed by atoms with Crippen LogP contribution in [0.25, 0.3) is 0 Å². The summed E-state index contributed by atoms with van der Waals surface area (Å²) < 4.78 is 5.10. The van der Waals surface area contributed by atoms with Crippen LogP contribution in [0, 0.1) is 11.3 Å². The molecule has 0 bridgehead atoms. The summed E-state index contributed by atoms with van der Waals surface area (Å²) in [6.45, 7) is 0.487. The molecule has 5 nitrogen and oxygen atoms in total. The molecule has 0 atom stereocenters. The van der Waals surface area contributed by atoms with Gasteiger partial charge < -0.3 is 9.84 Å². The second-order valence-corrected chi connectivity index (χ2v) is 2.28. The van der Waals surface area contributed by atoms with Crippen molar-refractivity contribution in [1.82, 2.24) is 9.97 Å². The first-order chi connectivity index (χ1) is 6.36. The molecule has 0 aliphatic heterocycles. The van der Waals surface area contributed by atoms with Crippen molar-refractivity contribution >= 4 is 0 Å². The van der Waals surface area contributed by atoms with Crippen LogP contribution in [-0.4, -0.2) is 28.3 Å². The molecule has 0 radical (unpaired) electrons. The number of aliphatic hydroxyl groups excluding tert-OH is 1. The minimum Gasteiger partial charge on any atom is -0.476 e. The highest BCUT2D eigenvalue weighted by Crippen LogP contribution is 2.03. The van der Waals surface area contributed by atoms with E-state index < -0.39 is 0 Å². The van der Waals surface area contributed by atoms with Gasteiger partial charge in [-0.3, -0.25) is 0 Å². The summed E-state index contributed by atoms with van der Waals surface area (Å²) in [6.07, 6.45) is 3.28. The maximum Gasteiger partial charge on any atom is 0.232 e. The molecule has 1 N–H and O–H groups in total. The Bertz CT molecular complexity index is 291. The fraction of sp³-hybridized carbons (Fsp3) is 0.375. The molecule has 5 heteroatoms. The molecule has 13 heavy (non-hydrogen) atoms. The van der Waals surface area contributed by atoms with Gasteiger partial charge in [0.1, 0.15) is 6.07 Å². The summed E-state index contributed by atoms with van der Waals surface area (Å²) in [7, 11) is 0. The van der Waals surface area contributed by atoms with Gasteiger partial charge in [-0.1, -0.05) is 0 Å². The number of hydrogen-bond acceptors (Lipinski definition) is 5. The van der Waals surface area contributed by atoms with Crippen molar-refractivity contribution in [3.05, 3.63) is 18.1 Å². The Morgan fingerprint density at radius 1 is 1.46 bits per heavy atom. The zero-order valence-electron chi connectivity index (χ0n) is 6.97. The summed E-state index contributed by atoms with van der Waals surface area (Å²) >= 11 is 0. The van der Waals surface area contributed by atoms with Crippen LogP contribution in [0.4, 0.5) is 0 Å². The number of hydrogen-bond donors (Lipinski definition) is 1. The quantitative estimate of drug-likeness (QED) is 0.663. The Morgan fingerprint density at radius 3 is 2.85 bits per heavy atom. The van der Waals surface area contributed by atoms with Crippen LogP contribution in [-0.2, 0) is 0 Å². The van der Waals surface area contributed by atoms with Gasteiger partial charge in [0.05, 0.1) is 19.0 Å². The van der Waals surface area contributed by atoms with Crippen molar-refractivity contribution in [2.45, 2.75) is 6.42 Å². The summed E-state index contributed by atoms with van der Waals surface area (Å²) in [5.41, 5.74) is 0.259. The maximum atomic E-state index is 8.47. The lowest BCUT2D eigenvalue weighted by Gasteiger charge is -2.01. The molecule has 0 spiro atoms. The Balaban J connectivity index is 2.46. The topological polar surface area (TPSA) is 79.0 Å². The number of ether oxygens (including phenoxy) is 1. The molecular weight excluding hydrogens is 170 g/mol. The standard InChI is InChI=1S/C8H9N3O2/c9-4-7-5-11-8(6-10-7)13-3-1-2-12/h5-6,12H,1-3H2. The van der Waals surface area contributed by atoms with Crippen LogP contribution in [0.3, 0.4) is 0 Å². The largest absolute Gasteiger partial charge is 0.476 e. The maximum absolute atomic E-state index is 8.47. The van der Waals surface area contributed by atoms with Crippen molar-refractivity contribution in [2.24, 2.45) is 0 Å². The van der Waals surface area contributed by atoms with Gasteiger partial charge in [0.2, 0.25) is 5.88 Å². The van der Waals surface area contributed by atoms with Gasteiger partial charge in [-0.2, -0.15) is 5.26 Å². The second kappa shape index (κ2) is 5.06. The summed E-state index contributed by atoms with van der Waals surface area (Å²) in [4.78, 5) is 7.60. The molecule has 0 unspecified atom stereocenters. The van der Waals surface area contributed by atoms with Crippen LogP contribution in [0.15, 0.2) is 12.4 Å². The van der Waals surface area contributed by atoms with E-state index >= 15 is 0 Å². The third-order valence-electron chi connectivity index (χ3n) is 1.30. The molecule has 0 fully saturated rings. The lowest BCUT2D eigenvalue weighted by Crippen LogP contribution is -2.01. The predicted molar refractivity (Wildman–Crippen MR) is 43.9 cm³/mol.